The molecule has 2 aromatic heterocycles. The molecule has 98 valence electrons. The van der Waals surface area contributed by atoms with E-state index < -0.39 is 0 Å². The average Bonchev–Trinajstić information content (AvgIpc) is 2.86. The highest BCUT2D eigenvalue weighted by Gasteiger charge is 2.21. The highest BCUT2D eigenvalue weighted by Crippen LogP contribution is 2.30. The van der Waals surface area contributed by atoms with Gasteiger partial charge in [0.25, 0.3) is 0 Å². The maximum Gasteiger partial charge on any atom is 0.221 e. The molecule has 0 saturated carbocycles. The van der Waals surface area contributed by atoms with Gasteiger partial charge >= 0.3 is 0 Å². The van der Waals surface area contributed by atoms with E-state index in [1.807, 2.05) is 0 Å². The van der Waals surface area contributed by atoms with Crippen molar-refractivity contribution >= 4 is 5.65 Å². The van der Waals surface area contributed by atoms with Gasteiger partial charge in [-0.05, 0) is 25.7 Å². The van der Waals surface area contributed by atoms with Crippen LogP contribution in [0.3, 0.4) is 0 Å². The van der Waals surface area contributed by atoms with Gasteiger partial charge in [0.2, 0.25) is 5.88 Å². The third-order valence-electron chi connectivity index (χ3n) is 3.32. The minimum atomic E-state index is -0.0506. The standard InChI is InChI=1S/C13H14N4O2/c14-7-9-8-15-17-12(9)16-11-4-2-1-3-10(11)13(17)19-6-5-18/h8,18H,1-6H2. The second kappa shape index (κ2) is 4.86. The minimum absolute atomic E-state index is 0.0506. The predicted octanol–water partition coefficient (Wildman–Crippen LogP) is 0.851. The van der Waals surface area contributed by atoms with Crippen LogP contribution in [0, 0.1) is 11.3 Å². The number of nitrogens with zero attached hydrogens (tertiary/aromatic N) is 4. The van der Waals surface area contributed by atoms with Crippen molar-refractivity contribution in [2.75, 3.05) is 13.2 Å². The van der Waals surface area contributed by atoms with Crippen LogP contribution < -0.4 is 4.74 Å². The van der Waals surface area contributed by atoms with E-state index in [9.17, 15) is 0 Å². The van der Waals surface area contributed by atoms with E-state index in [0.29, 0.717) is 17.1 Å². The molecule has 1 aliphatic carbocycles. The van der Waals surface area contributed by atoms with Gasteiger partial charge in [-0.2, -0.15) is 14.9 Å². The van der Waals surface area contributed by atoms with E-state index in [0.717, 1.165) is 36.9 Å². The Balaban J connectivity index is 2.22. The SMILES string of the molecule is N#Cc1cnn2c(OCCO)c3c(nc12)CCCC3. The molecule has 0 amide bonds. The van der Waals surface area contributed by atoms with Crippen LogP contribution in [0.25, 0.3) is 5.65 Å². The van der Waals surface area contributed by atoms with Crippen LogP contribution in [0.4, 0.5) is 0 Å². The Bertz CT molecular complexity index is 657. The van der Waals surface area contributed by atoms with Crippen LogP contribution in [-0.2, 0) is 12.8 Å². The van der Waals surface area contributed by atoms with Crippen molar-refractivity contribution in [3.8, 4) is 11.9 Å². The summed E-state index contributed by atoms with van der Waals surface area (Å²) >= 11 is 0. The lowest BCUT2D eigenvalue weighted by Gasteiger charge is -2.19. The summed E-state index contributed by atoms with van der Waals surface area (Å²) in [6.45, 7) is 0.165. The lowest BCUT2D eigenvalue weighted by Crippen LogP contribution is -2.15. The van der Waals surface area contributed by atoms with Gasteiger partial charge in [-0.3, -0.25) is 0 Å². The Hall–Kier alpha value is -2.13. The molecule has 0 bridgehead atoms. The van der Waals surface area contributed by atoms with Crippen LogP contribution in [0.1, 0.15) is 29.7 Å². The molecule has 0 atom stereocenters. The van der Waals surface area contributed by atoms with Gasteiger partial charge in [0.05, 0.1) is 18.5 Å². The number of rotatable bonds is 3. The van der Waals surface area contributed by atoms with Crippen molar-refractivity contribution in [3.05, 3.63) is 23.0 Å². The van der Waals surface area contributed by atoms with Crippen LogP contribution in [0.2, 0.25) is 0 Å². The number of aliphatic hydroxyl groups excluding tert-OH is 1. The van der Waals surface area contributed by atoms with E-state index in [1.165, 1.54) is 6.20 Å². The fourth-order valence-electron chi connectivity index (χ4n) is 2.47. The van der Waals surface area contributed by atoms with Gasteiger partial charge < -0.3 is 9.84 Å². The van der Waals surface area contributed by atoms with Crippen molar-refractivity contribution in [2.24, 2.45) is 0 Å². The molecule has 0 saturated heterocycles. The third kappa shape index (κ3) is 1.92. The molecule has 19 heavy (non-hydrogen) atoms. The summed E-state index contributed by atoms with van der Waals surface area (Å²) in [7, 11) is 0. The first-order chi connectivity index (χ1) is 9.35. The van der Waals surface area contributed by atoms with Gasteiger partial charge in [0, 0.05) is 5.56 Å². The number of ether oxygens (including phenoxy) is 1. The summed E-state index contributed by atoms with van der Waals surface area (Å²) in [4.78, 5) is 4.55. The van der Waals surface area contributed by atoms with Crippen LogP contribution in [0.5, 0.6) is 5.88 Å². The first-order valence-corrected chi connectivity index (χ1v) is 6.38. The fraction of sp³-hybridized carbons (Fsp3) is 0.462. The molecular weight excluding hydrogens is 244 g/mol. The van der Waals surface area contributed by atoms with Crippen LogP contribution >= 0.6 is 0 Å². The predicted molar refractivity (Wildman–Crippen MR) is 66.9 cm³/mol. The second-order valence-electron chi connectivity index (χ2n) is 4.53. The molecule has 0 unspecified atom stereocenters. The molecule has 0 aromatic carbocycles. The lowest BCUT2D eigenvalue weighted by atomic mass is 9.97. The molecule has 2 heterocycles. The molecule has 2 aromatic rings. The van der Waals surface area contributed by atoms with E-state index in [-0.39, 0.29) is 13.2 Å². The van der Waals surface area contributed by atoms with Gasteiger partial charge in [-0.15, -0.1) is 0 Å². The van der Waals surface area contributed by atoms with Crippen molar-refractivity contribution in [1.29, 1.82) is 5.26 Å². The zero-order valence-electron chi connectivity index (χ0n) is 10.5. The number of hydrogen-bond acceptors (Lipinski definition) is 5. The van der Waals surface area contributed by atoms with E-state index in [4.69, 9.17) is 15.1 Å². The number of aromatic nitrogens is 3. The highest BCUT2D eigenvalue weighted by atomic mass is 16.5. The molecule has 6 heteroatoms. The Labute approximate surface area is 110 Å². The maximum absolute atomic E-state index is 9.07. The van der Waals surface area contributed by atoms with Crippen molar-refractivity contribution < 1.29 is 9.84 Å². The normalized spacial score (nSPS) is 14.1. The molecule has 1 N–H and O–H groups in total. The van der Waals surface area contributed by atoms with Crippen LogP contribution in [0.15, 0.2) is 6.20 Å². The van der Waals surface area contributed by atoms with Gasteiger partial charge in [0.15, 0.2) is 5.65 Å². The Morgan fingerprint density at radius 1 is 1.42 bits per heavy atom. The van der Waals surface area contributed by atoms with Gasteiger partial charge in [0.1, 0.15) is 18.2 Å². The van der Waals surface area contributed by atoms with Crippen molar-refractivity contribution in [2.45, 2.75) is 25.7 Å². The van der Waals surface area contributed by atoms with Gasteiger partial charge in [-0.25, -0.2) is 4.98 Å². The molecule has 0 fully saturated rings. The second-order valence-corrected chi connectivity index (χ2v) is 4.53. The third-order valence-corrected chi connectivity index (χ3v) is 3.32. The summed E-state index contributed by atoms with van der Waals surface area (Å²) in [5, 5.41) is 22.2. The first-order valence-electron chi connectivity index (χ1n) is 6.38. The molecule has 0 aliphatic heterocycles. The van der Waals surface area contributed by atoms with Crippen molar-refractivity contribution in [3.63, 3.8) is 0 Å². The largest absolute Gasteiger partial charge is 0.475 e. The summed E-state index contributed by atoms with van der Waals surface area (Å²) in [6, 6.07) is 2.09. The number of nitriles is 1. The number of hydrogen-bond donors (Lipinski definition) is 1. The number of fused-ring (bicyclic) bond motifs is 2. The van der Waals surface area contributed by atoms with E-state index in [1.54, 1.807) is 4.52 Å². The Morgan fingerprint density at radius 3 is 3.05 bits per heavy atom. The molecule has 3 rings (SSSR count). The highest BCUT2D eigenvalue weighted by molar-refractivity contribution is 5.57. The Morgan fingerprint density at radius 2 is 2.26 bits per heavy atom. The van der Waals surface area contributed by atoms with Gasteiger partial charge in [-0.1, -0.05) is 0 Å². The smallest absolute Gasteiger partial charge is 0.221 e. The summed E-state index contributed by atoms with van der Waals surface area (Å²) in [5.74, 6) is 0.621. The summed E-state index contributed by atoms with van der Waals surface area (Å²) < 4.78 is 7.19. The minimum Gasteiger partial charge on any atom is -0.475 e. The number of aryl methyl sites for hydroxylation is 1. The zero-order chi connectivity index (χ0) is 13.2. The maximum atomic E-state index is 9.07. The topological polar surface area (TPSA) is 83.4 Å². The molecule has 0 radical (unpaired) electrons. The quantitative estimate of drug-likeness (QED) is 0.882. The van der Waals surface area contributed by atoms with E-state index in [2.05, 4.69) is 16.2 Å². The summed E-state index contributed by atoms with van der Waals surface area (Å²) in [5.41, 5.74) is 3.03. The molecule has 6 nitrogen and oxygen atoms in total. The lowest BCUT2D eigenvalue weighted by molar-refractivity contribution is 0.192. The van der Waals surface area contributed by atoms with Crippen molar-refractivity contribution in [1.82, 2.24) is 14.6 Å². The number of aliphatic hydroxyl groups is 1. The van der Waals surface area contributed by atoms with E-state index >= 15 is 0 Å². The monoisotopic (exact) mass is 258 g/mol. The first kappa shape index (κ1) is 11.9. The zero-order valence-corrected chi connectivity index (χ0v) is 10.5. The van der Waals surface area contributed by atoms with Crippen LogP contribution in [-0.4, -0.2) is 32.9 Å². The Kier molecular flexibility index (Phi) is 3.05. The summed E-state index contributed by atoms with van der Waals surface area (Å²) in [6.07, 6.45) is 5.51. The molecular formula is C13H14N4O2. The average molecular weight is 258 g/mol. The molecule has 1 aliphatic rings. The fourth-order valence-corrected chi connectivity index (χ4v) is 2.47. The molecule has 0 spiro atoms.